The number of sulfonamides is 2. The Hall–Kier alpha value is -3.86. The highest BCUT2D eigenvalue weighted by molar-refractivity contribution is 7.93. The summed E-state index contributed by atoms with van der Waals surface area (Å²) in [6, 6.07) is 21.7. The number of hydrogen-bond acceptors (Lipinski definition) is 5. The molecule has 39 heavy (non-hydrogen) atoms. The molecule has 202 valence electrons. The van der Waals surface area contributed by atoms with Gasteiger partial charge in [0.05, 0.1) is 15.5 Å². The summed E-state index contributed by atoms with van der Waals surface area (Å²) in [7, 11) is -7.84. The third-order valence-corrected chi connectivity index (χ3v) is 9.22. The summed E-state index contributed by atoms with van der Waals surface area (Å²) in [6.45, 7) is 5.35. The number of anilines is 3. The van der Waals surface area contributed by atoms with Crippen molar-refractivity contribution in [3.05, 3.63) is 112 Å². The molecule has 4 aromatic rings. The molecule has 3 N–H and O–H groups in total. The number of aryl methyl sites for hydroxylation is 3. The SMILES string of the molecule is Cc1ccc(NS(=O)(=O)c2cc(C(=O)Nc3ccc(S(=O)(=O)Nc4ccc(C)c(Cl)c4)cc3)ccc2C)cc1. The van der Waals surface area contributed by atoms with Crippen LogP contribution in [0.5, 0.6) is 0 Å². The quantitative estimate of drug-likeness (QED) is 0.231. The lowest BCUT2D eigenvalue weighted by atomic mass is 10.1. The fourth-order valence-corrected chi connectivity index (χ4v) is 6.21. The number of halogens is 1. The van der Waals surface area contributed by atoms with E-state index in [-0.39, 0.29) is 15.4 Å². The molecule has 0 aliphatic heterocycles. The van der Waals surface area contributed by atoms with E-state index in [1.54, 1.807) is 49.4 Å². The van der Waals surface area contributed by atoms with Gasteiger partial charge in [0, 0.05) is 22.0 Å². The van der Waals surface area contributed by atoms with Gasteiger partial charge in [-0.1, -0.05) is 41.4 Å². The highest BCUT2D eigenvalue weighted by atomic mass is 35.5. The predicted molar refractivity (Wildman–Crippen MR) is 155 cm³/mol. The zero-order valence-electron chi connectivity index (χ0n) is 21.3. The van der Waals surface area contributed by atoms with Crippen LogP contribution in [0.25, 0.3) is 0 Å². The number of carbonyl (C=O) groups is 1. The van der Waals surface area contributed by atoms with E-state index in [0.717, 1.165) is 11.1 Å². The van der Waals surface area contributed by atoms with Gasteiger partial charge >= 0.3 is 0 Å². The molecule has 0 aliphatic rings. The number of rotatable bonds is 8. The van der Waals surface area contributed by atoms with E-state index in [2.05, 4.69) is 14.8 Å². The van der Waals surface area contributed by atoms with Gasteiger partial charge in [-0.25, -0.2) is 16.8 Å². The van der Waals surface area contributed by atoms with Crippen LogP contribution in [-0.4, -0.2) is 22.7 Å². The van der Waals surface area contributed by atoms with Crippen molar-refractivity contribution in [2.45, 2.75) is 30.6 Å². The summed E-state index contributed by atoms with van der Waals surface area (Å²) in [5.74, 6) is -0.551. The van der Waals surface area contributed by atoms with Gasteiger partial charge in [0.25, 0.3) is 26.0 Å². The lowest BCUT2D eigenvalue weighted by molar-refractivity contribution is 0.102. The molecule has 0 saturated heterocycles. The van der Waals surface area contributed by atoms with Gasteiger partial charge in [0.2, 0.25) is 0 Å². The average Bonchev–Trinajstić information content (AvgIpc) is 2.88. The fraction of sp³-hybridized carbons (Fsp3) is 0.107. The third-order valence-electron chi connectivity index (χ3n) is 5.89. The minimum Gasteiger partial charge on any atom is -0.322 e. The molecule has 0 spiro atoms. The van der Waals surface area contributed by atoms with Crippen molar-refractivity contribution in [3.63, 3.8) is 0 Å². The van der Waals surface area contributed by atoms with E-state index in [1.807, 2.05) is 13.8 Å². The first-order valence-electron chi connectivity index (χ1n) is 11.7. The minimum atomic E-state index is -3.95. The number of amides is 1. The second kappa shape index (κ2) is 11.1. The van der Waals surface area contributed by atoms with Gasteiger partial charge in [0.15, 0.2) is 0 Å². The molecular weight excluding hydrogens is 558 g/mol. The fourth-order valence-electron chi connectivity index (χ4n) is 3.65. The lowest BCUT2D eigenvalue weighted by Crippen LogP contribution is -2.17. The van der Waals surface area contributed by atoms with Crippen LogP contribution in [0, 0.1) is 20.8 Å². The van der Waals surface area contributed by atoms with Crippen molar-refractivity contribution < 1.29 is 21.6 Å². The standard InChI is InChI=1S/C28H26ClN3O5S2/c1-18-4-9-23(10-5-18)31-39(36,37)27-16-21(8-6-20(27)3)28(33)30-22-12-14-25(15-13-22)38(34,35)32-24-11-7-19(2)26(29)17-24/h4-17,31-32H,1-3H3,(H,30,33). The van der Waals surface area contributed by atoms with Crippen molar-refractivity contribution in [1.29, 1.82) is 0 Å². The Morgan fingerprint density at radius 3 is 1.85 bits per heavy atom. The molecule has 0 aromatic heterocycles. The largest absolute Gasteiger partial charge is 0.322 e. The molecule has 0 heterocycles. The first-order valence-corrected chi connectivity index (χ1v) is 15.1. The summed E-state index contributed by atoms with van der Waals surface area (Å²) in [4.78, 5) is 12.9. The Bertz CT molecular complexity index is 1750. The van der Waals surface area contributed by atoms with Gasteiger partial charge in [-0.15, -0.1) is 0 Å². The minimum absolute atomic E-state index is 0.0110. The zero-order chi connectivity index (χ0) is 28.4. The van der Waals surface area contributed by atoms with Crippen molar-refractivity contribution in [1.82, 2.24) is 0 Å². The average molecular weight is 584 g/mol. The normalized spacial score (nSPS) is 11.6. The van der Waals surface area contributed by atoms with Crippen LogP contribution in [0.1, 0.15) is 27.0 Å². The summed E-state index contributed by atoms with van der Waals surface area (Å²) in [5, 5.41) is 3.10. The smallest absolute Gasteiger partial charge is 0.262 e. The van der Waals surface area contributed by atoms with Crippen LogP contribution in [0.15, 0.2) is 94.7 Å². The summed E-state index contributed by atoms with van der Waals surface area (Å²) >= 11 is 6.08. The highest BCUT2D eigenvalue weighted by Crippen LogP contribution is 2.25. The molecule has 4 rings (SSSR count). The van der Waals surface area contributed by atoms with Crippen molar-refractivity contribution in [2.75, 3.05) is 14.8 Å². The number of nitrogens with one attached hydrogen (secondary N) is 3. The molecule has 11 heteroatoms. The molecule has 0 atom stereocenters. The van der Waals surface area contributed by atoms with Gasteiger partial charge in [-0.2, -0.15) is 0 Å². The van der Waals surface area contributed by atoms with Crippen LogP contribution in [0.3, 0.4) is 0 Å². The van der Waals surface area contributed by atoms with Crippen molar-refractivity contribution >= 4 is 54.6 Å². The molecule has 0 bridgehead atoms. The van der Waals surface area contributed by atoms with E-state index in [9.17, 15) is 21.6 Å². The lowest BCUT2D eigenvalue weighted by Gasteiger charge is -2.13. The van der Waals surface area contributed by atoms with Crippen molar-refractivity contribution in [3.8, 4) is 0 Å². The molecule has 0 saturated carbocycles. The van der Waals surface area contributed by atoms with Crippen LogP contribution < -0.4 is 14.8 Å². The van der Waals surface area contributed by atoms with E-state index in [1.165, 1.54) is 42.5 Å². The van der Waals surface area contributed by atoms with Crippen LogP contribution in [-0.2, 0) is 20.0 Å². The maximum Gasteiger partial charge on any atom is 0.262 e. The molecule has 0 radical (unpaired) electrons. The summed E-state index contributed by atoms with van der Waals surface area (Å²) < 4.78 is 56.6. The molecule has 1 amide bonds. The summed E-state index contributed by atoms with van der Waals surface area (Å²) in [5.41, 5.74) is 3.48. The van der Waals surface area contributed by atoms with Crippen LogP contribution in [0.2, 0.25) is 5.02 Å². The maximum atomic E-state index is 13.0. The number of carbonyl (C=O) groups excluding carboxylic acids is 1. The van der Waals surface area contributed by atoms with E-state index in [4.69, 9.17) is 11.6 Å². The molecular formula is C28H26ClN3O5S2. The second-order valence-electron chi connectivity index (χ2n) is 9.00. The van der Waals surface area contributed by atoms with Gasteiger partial charge in [-0.05, 0) is 92.6 Å². The van der Waals surface area contributed by atoms with E-state index < -0.39 is 26.0 Å². The molecule has 8 nitrogen and oxygen atoms in total. The van der Waals surface area contributed by atoms with Gasteiger partial charge < -0.3 is 5.32 Å². The Morgan fingerprint density at radius 1 is 0.641 bits per heavy atom. The Morgan fingerprint density at radius 2 is 1.21 bits per heavy atom. The highest BCUT2D eigenvalue weighted by Gasteiger charge is 2.20. The van der Waals surface area contributed by atoms with Gasteiger partial charge in [0.1, 0.15) is 0 Å². The topological polar surface area (TPSA) is 121 Å². The number of hydrogen-bond donors (Lipinski definition) is 3. The molecule has 4 aromatic carbocycles. The Kier molecular flexibility index (Phi) is 8.01. The Balaban J connectivity index is 1.49. The molecule has 0 aliphatic carbocycles. The zero-order valence-corrected chi connectivity index (χ0v) is 23.7. The molecule has 0 unspecified atom stereocenters. The van der Waals surface area contributed by atoms with E-state index in [0.29, 0.717) is 27.6 Å². The van der Waals surface area contributed by atoms with Crippen LogP contribution >= 0.6 is 11.6 Å². The molecule has 0 fully saturated rings. The summed E-state index contributed by atoms with van der Waals surface area (Å²) in [6.07, 6.45) is 0. The second-order valence-corrected chi connectivity index (χ2v) is 12.7. The first-order chi connectivity index (χ1) is 18.3. The van der Waals surface area contributed by atoms with Crippen molar-refractivity contribution in [2.24, 2.45) is 0 Å². The Labute approximate surface area is 233 Å². The number of benzene rings is 4. The third kappa shape index (κ3) is 6.78. The predicted octanol–water partition coefficient (Wildman–Crippen LogP) is 6.12. The van der Waals surface area contributed by atoms with Crippen LogP contribution in [0.4, 0.5) is 17.1 Å². The van der Waals surface area contributed by atoms with E-state index >= 15 is 0 Å². The monoisotopic (exact) mass is 583 g/mol. The first kappa shape index (κ1) is 28.2. The maximum absolute atomic E-state index is 13.0. The van der Waals surface area contributed by atoms with Gasteiger partial charge in [-0.3, -0.25) is 14.2 Å².